The molecule has 0 fully saturated rings. The molecular formula is C16H17N3O4. The monoisotopic (exact) mass is 315 g/mol. The Kier molecular flexibility index (Phi) is 5.51. The highest BCUT2D eigenvalue weighted by atomic mass is 16.6. The Morgan fingerprint density at radius 1 is 1.22 bits per heavy atom. The van der Waals surface area contributed by atoms with E-state index in [2.05, 4.69) is 10.6 Å². The summed E-state index contributed by atoms with van der Waals surface area (Å²) in [6.45, 7) is 2.61. The van der Waals surface area contributed by atoms with Gasteiger partial charge in [0.2, 0.25) is 0 Å². The van der Waals surface area contributed by atoms with Gasteiger partial charge in [-0.2, -0.15) is 0 Å². The van der Waals surface area contributed by atoms with Gasteiger partial charge in [-0.1, -0.05) is 18.2 Å². The van der Waals surface area contributed by atoms with Crippen molar-refractivity contribution in [3.8, 4) is 5.75 Å². The van der Waals surface area contributed by atoms with Gasteiger partial charge in [-0.3, -0.25) is 10.1 Å². The van der Waals surface area contributed by atoms with Gasteiger partial charge < -0.3 is 15.4 Å². The number of urea groups is 1. The Labute approximate surface area is 133 Å². The number of nitrogens with one attached hydrogen (secondary N) is 2. The third-order valence-electron chi connectivity index (χ3n) is 2.96. The summed E-state index contributed by atoms with van der Waals surface area (Å²) < 4.78 is 5.51. The molecule has 0 unspecified atom stereocenters. The number of aryl methyl sites for hydroxylation is 1. The Morgan fingerprint density at radius 2 is 2.00 bits per heavy atom. The maximum atomic E-state index is 11.7. The Bertz CT molecular complexity index is 703. The number of amides is 2. The minimum atomic E-state index is -0.515. The van der Waals surface area contributed by atoms with Gasteiger partial charge in [0.25, 0.3) is 5.69 Å². The molecule has 0 bridgehead atoms. The number of non-ortho nitro benzene ring substituents is 1. The lowest BCUT2D eigenvalue weighted by molar-refractivity contribution is -0.384. The molecule has 0 saturated heterocycles. The first kappa shape index (κ1) is 16.3. The first-order valence-electron chi connectivity index (χ1n) is 7.03. The number of hydrogen-bond donors (Lipinski definition) is 2. The van der Waals surface area contributed by atoms with Gasteiger partial charge in [0.1, 0.15) is 12.4 Å². The van der Waals surface area contributed by atoms with Crippen molar-refractivity contribution < 1.29 is 14.5 Å². The highest BCUT2D eigenvalue weighted by Crippen LogP contribution is 2.16. The SMILES string of the molecule is Cc1cccc(OCCNC(=O)Nc2cccc([N+](=O)[O-])c2)c1. The second kappa shape index (κ2) is 7.79. The van der Waals surface area contributed by atoms with Crippen LogP contribution in [0.1, 0.15) is 5.56 Å². The molecule has 120 valence electrons. The van der Waals surface area contributed by atoms with Gasteiger partial charge in [0.05, 0.1) is 11.5 Å². The molecule has 2 N–H and O–H groups in total. The number of rotatable bonds is 6. The number of nitro benzene ring substituents is 1. The minimum Gasteiger partial charge on any atom is -0.492 e. The lowest BCUT2D eigenvalue weighted by atomic mass is 10.2. The number of hydrogen-bond acceptors (Lipinski definition) is 4. The molecule has 7 heteroatoms. The van der Waals surface area contributed by atoms with Crippen molar-refractivity contribution in [2.24, 2.45) is 0 Å². The maximum absolute atomic E-state index is 11.7. The molecule has 0 aromatic heterocycles. The number of anilines is 1. The molecule has 2 aromatic carbocycles. The Hall–Kier alpha value is -3.09. The fourth-order valence-corrected chi connectivity index (χ4v) is 1.91. The van der Waals surface area contributed by atoms with Crippen molar-refractivity contribution in [2.45, 2.75) is 6.92 Å². The number of nitrogens with zero attached hydrogens (tertiary/aromatic N) is 1. The van der Waals surface area contributed by atoms with Crippen LogP contribution in [0.3, 0.4) is 0 Å². The van der Waals surface area contributed by atoms with Crippen LogP contribution in [0, 0.1) is 17.0 Å². The smallest absolute Gasteiger partial charge is 0.319 e. The summed E-state index contributed by atoms with van der Waals surface area (Å²) in [6.07, 6.45) is 0. The zero-order valence-electron chi connectivity index (χ0n) is 12.6. The van der Waals surface area contributed by atoms with E-state index in [0.29, 0.717) is 18.8 Å². The predicted octanol–water partition coefficient (Wildman–Crippen LogP) is 3.10. The summed E-state index contributed by atoms with van der Waals surface area (Å²) in [5, 5.41) is 15.8. The van der Waals surface area contributed by atoms with Crippen molar-refractivity contribution in [3.05, 3.63) is 64.2 Å². The summed E-state index contributed by atoms with van der Waals surface area (Å²) >= 11 is 0. The normalized spacial score (nSPS) is 9.96. The second-order valence-electron chi connectivity index (χ2n) is 4.85. The topological polar surface area (TPSA) is 93.5 Å². The van der Waals surface area contributed by atoms with Gasteiger partial charge in [-0.15, -0.1) is 0 Å². The van der Waals surface area contributed by atoms with Gasteiger partial charge in [-0.25, -0.2) is 4.79 Å². The fraction of sp³-hybridized carbons (Fsp3) is 0.188. The summed E-state index contributed by atoms with van der Waals surface area (Å²) in [4.78, 5) is 21.9. The van der Waals surface area contributed by atoms with E-state index in [1.807, 2.05) is 31.2 Å². The Balaban J connectivity index is 1.75. The van der Waals surface area contributed by atoms with Crippen LogP contribution in [0.15, 0.2) is 48.5 Å². The molecule has 2 aromatic rings. The highest BCUT2D eigenvalue weighted by molar-refractivity contribution is 5.89. The molecular weight excluding hydrogens is 298 g/mol. The quantitative estimate of drug-likeness (QED) is 0.486. The summed E-state index contributed by atoms with van der Waals surface area (Å²) in [6, 6.07) is 12.9. The lowest BCUT2D eigenvalue weighted by Crippen LogP contribution is -2.32. The molecule has 7 nitrogen and oxygen atoms in total. The molecule has 2 amide bonds. The van der Waals surface area contributed by atoms with Crippen LogP contribution >= 0.6 is 0 Å². The van der Waals surface area contributed by atoms with Crippen LogP contribution < -0.4 is 15.4 Å². The van der Waals surface area contributed by atoms with E-state index in [9.17, 15) is 14.9 Å². The standard InChI is InChI=1S/C16H17N3O4/c1-12-4-2-7-15(10-12)23-9-8-17-16(20)18-13-5-3-6-14(11-13)19(21)22/h2-7,10-11H,8-9H2,1H3,(H2,17,18,20). The van der Waals surface area contributed by atoms with E-state index < -0.39 is 11.0 Å². The largest absolute Gasteiger partial charge is 0.492 e. The maximum Gasteiger partial charge on any atom is 0.319 e. The van der Waals surface area contributed by atoms with Crippen LogP contribution in [0.4, 0.5) is 16.2 Å². The van der Waals surface area contributed by atoms with Crippen molar-refractivity contribution >= 4 is 17.4 Å². The van der Waals surface area contributed by atoms with E-state index in [4.69, 9.17) is 4.74 Å². The van der Waals surface area contributed by atoms with E-state index in [1.54, 1.807) is 6.07 Å². The van der Waals surface area contributed by atoms with Crippen molar-refractivity contribution in [3.63, 3.8) is 0 Å². The number of carbonyl (C=O) groups is 1. The number of ether oxygens (including phenoxy) is 1. The molecule has 23 heavy (non-hydrogen) atoms. The van der Waals surface area contributed by atoms with E-state index in [1.165, 1.54) is 18.2 Å². The first-order valence-corrected chi connectivity index (χ1v) is 7.03. The lowest BCUT2D eigenvalue weighted by Gasteiger charge is -2.09. The molecule has 0 aliphatic carbocycles. The third-order valence-corrected chi connectivity index (χ3v) is 2.96. The fourth-order valence-electron chi connectivity index (χ4n) is 1.91. The number of nitro groups is 1. The number of benzene rings is 2. The molecule has 0 aliphatic rings. The molecule has 0 saturated carbocycles. The Morgan fingerprint density at radius 3 is 2.74 bits per heavy atom. The number of carbonyl (C=O) groups excluding carboxylic acids is 1. The van der Waals surface area contributed by atoms with E-state index >= 15 is 0 Å². The van der Waals surface area contributed by atoms with Crippen LogP contribution in [0.25, 0.3) is 0 Å². The van der Waals surface area contributed by atoms with E-state index in [0.717, 1.165) is 11.3 Å². The third kappa shape index (κ3) is 5.31. The second-order valence-corrected chi connectivity index (χ2v) is 4.85. The van der Waals surface area contributed by atoms with Gasteiger partial charge in [0, 0.05) is 17.8 Å². The highest BCUT2D eigenvalue weighted by Gasteiger charge is 2.07. The molecule has 0 aliphatic heterocycles. The zero-order chi connectivity index (χ0) is 16.7. The molecule has 2 rings (SSSR count). The predicted molar refractivity (Wildman–Crippen MR) is 86.8 cm³/mol. The van der Waals surface area contributed by atoms with Crippen molar-refractivity contribution in [1.82, 2.24) is 5.32 Å². The molecule has 0 radical (unpaired) electrons. The summed E-state index contributed by atoms with van der Waals surface area (Å²) in [5.41, 5.74) is 1.38. The van der Waals surface area contributed by atoms with Crippen LogP contribution in [-0.2, 0) is 0 Å². The van der Waals surface area contributed by atoms with Crippen molar-refractivity contribution in [2.75, 3.05) is 18.5 Å². The molecule has 0 atom stereocenters. The molecule has 0 spiro atoms. The first-order chi connectivity index (χ1) is 11.0. The van der Waals surface area contributed by atoms with Crippen molar-refractivity contribution in [1.29, 1.82) is 0 Å². The van der Waals surface area contributed by atoms with E-state index in [-0.39, 0.29) is 5.69 Å². The van der Waals surface area contributed by atoms with Gasteiger partial charge >= 0.3 is 6.03 Å². The molecule has 0 heterocycles. The van der Waals surface area contributed by atoms with Crippen LogP contribution in [0.5, 0.6) is 5.75 Å². The summed E-state index contributed by atoms with van der Waals surface area (Å²) in [5.74, 6) is 0.742. The minimum absolute atomic E-state index is 0.0782. The van der Waals surface area contributed by atoms with Crippen LogP contribution in [-0.4, -0.2) is 24.1 Å². The average molecular weight is 315 g/mol. The van der Waals surface area contributed by atoms with Crippen LogP contribution in [0.2, 0.25) is 0 Å². The summed E-state index contributed by atoms with van der Waals surface area (Å²) in [7, 11) is 0. The average Bonchev–Trinajstić information content (AvgIpc) is 2.52. The zero-order valence-corrected chi connectivity index (χ0v) is 12.6. The van der Waals surface area contributed by atoms with Gasteiger partial charge in [-0.05, 0) is 30.7 Å². The van der Waals surface area contributed by atoms with Gasteiger partial charge in [0.15, 0.2) is 0 Å².